The van der Waals surface area contributed by atoms with Crippen molar-refractivity contribution in [2.75, 3.05) is 26.4 Å². The number of ether oxygens (including phenoxy) is 5. The molecule has 1 saturated heterocycles. The molecule has 0 bridgehead atoms. The molecule has 2 aliphatic rings. The second kappa shape index (κ2) is 16.6. The van der Waals surface area contributed by atoms with E-state index < -0.39 is 74.5 Å². The van der Waals surface area contributed by atoms with Gasteiger partial charge in [-0.05, 0) is 35.4 Å². The van der Waals surface area contributed by atoms with Crippen LogP contribution in [0.3, 0.4) is 0 Å². The minimum atomic E-state index is -1.79. The molecule has 2 heterocycles. The number of phenolic OH excluding ortho intramolecular Hbond substituents is 3. The Morgan fingerprint density at radius 1 is 0.830 bits per heavy atom. The Morgan fingerprint density at radius 3 is 2.19 bits per heavy atom. The van der Waals surface area contributed by atoms with Crippen molar-refractivity contribution in [2.24, 2.45) is 5.92 Å². The van der Waals surface area contributed by atoms with Gasteiger partial charge in [-0.3, -0.25) is 4.79 Å². The largest absolute Gasteiger partial charge is 0.508 e. The maximum absolute atomic E-state index is 13.3. The molecule has 0 spiro atoms. The first kappa shape index (κ1) is 35.6. The van der Waals surface area contributed by atoms with Crippen LogP contribution in [-0.4, -0.2) is 116 Å². The topological polar surface area (TPSA) is 242 Å². The van der Waals surface area contributed by atoms with Crippen molar-refractivity contribution in [3.8, 4) is 17.2 Å². The SMILES string of the molecule is O=C(CC1C(C(=O)OCCc2ccc(O)cc2)=COC(OC2OC(CO)C(O)C(O)C2O)C1=CCO)OCCc1ccc(O)c(O)c1. The quantitative estimate of drug-likeness (QED) is 0.0777. The highest BCUT2D eigenvalue weighted by atomic mass is 16.8. The minimum Gasteiger partial charge on any atom is -0.508 e. The van der Waals surface area contributed by atoms with Crippen molar-refractivity contribution >= 4 is 11.9 Å². The molecule has 15 nitrogen and oxygen atoms in total. The van der Waals surface area contributed by atoms with Crippen LogP contribution in [0.15, 0.2) is 65.9 Å². The van der Waals surface area contributed by atoms with E-state index in [1.54, 1.807) is 18.2 Å². The van der Waals surface area contributed by atoms with E-state index in [2.05, 4.69) is 0 Å². The summed E-state index contributed by atoms with van der Waals surface area (Å²) in [5, 5.41) is 78.8. The van der Waals surface area contributed by atoms with Crippen molar-refractivity contribution in [3.05, 3.63) is 77.1 Å². The highest BCUT2D eigenvalue weighted by Crippen LogP contribution is 2.36. The van der Waals surface area contributed by atoms with Gasteiger partial charge in [0.15, 0.2) is 17.8 Å². The monoisotopic (exact) mass is 662 g/mol. The van der Waals surface area contributed by atoms with Crippen molar-refractivity contribution in [2.45, 2.75) is 56.3 Å². The van der Waals surface area contributed by atoms with Crippen molar-refractivity contribution in [1.29, 1.82) is 0 Å². The predicted octanol–water partition coefficient (Wildman–Crippen LogP) is -0.343. The van der Waals surface area contributed by atoms with E-state index in [9.17, 15) is 50.4 Å². The number of esters is 2. The van der Waals surface area contributed by atoms with Crippen LogP contribution in [0.2, 0.25) is 0 Å². The van der Waals surface area contributed by atoms with Gasteiger partial charge < -0.3 is 64.5 Å². The van der Waals surface area contributed by atoms with Gasteiger partial charge in [-0.15, -0.1) is 0 Å². The standard InChI is InChI=1S/C32H38O15/c33-10-7-20-21(14-26(38)43-11-9-18-3-6-23(36)24(37)13-18)22(30(42)44-12-8-17-1-4-19(35)5-2-17)16-45-31(20)47-32-29(41)28(40)27(39)25(15-34)46-32/h1-7,13,16,21,25,27-29,31-37,39-41H,8-12,14-15H2. The van der Waals surface area contributed by atoms with Gasteiger partial charge in [-0.25, -0.2) is 4.79 Å². The summed E-state index contributed by atoms with van der Waals surface area (Å²) in [6.45, 7) is -1.49. The lowest BCUT2D eigenvalue weighted by molar-refractivity contribution is -0.327. The van der Waals surface area contributed by atoms with E-state index in [0.717, 1.165) is 11.8 Å². The number of hydrogen-bond acceptors (Lipinski definition) is 15. The zero-order chi connectivity index (χ0) is 34.1. The van der Waals surface area contributed by atoms with Gasteiger partial charge in [-0.1, -0.05) is 24.3 Å². The number of carbonyl (C=O) groups excluding carboxylic acids is 2. The minimum absolute atomic E-state index is 0.0536. The first-order valence-electron chi connectivity index (χ1n) is 14.8. The summed E-state index contributed by atoms with van der Waals surface area (Å²) in [6, 6.07) is 10.4. The lowest BCUT2D eigenvalue weighted by Gasteiger charge is -2.42. The Balaban J connectivity index is 1.50. The molecule has 2 aliphatic heterocycles. The fourth-order valence-electron chi connectivity index (χ4n) is 5.05. The van der Waals surface area contributed by atoms with Gasteiger partial charge in [0.25, 0.3) is 0 Å². The van der Waals surface area contributed by atoms with Crippen LogP contribution in [0.25, 0.3) is 0 Å². The maximum atomic E-state index is 13.3. The number of phenols is 3. The smallest absolute Gasteiger partial charge is 0.337 e. The normalized spacial score (nSPS) is 26.7. The van der Waals surface area contributed by atoms with Crippen LogP contribution in [0.4, 0.5) is 0 Å². The summed E-state index contributed by atoms with van der Waals surface area (Å²) >= 11 is 0. The first-order valence-corrected chi connectivity index (χ1v) is 14.8. The lowest BCUT2D eigenvalue weighted by atomic mass is 9.86. The second-order valence-corrected chi connectivity index (χ2v) is 10.9. The lowest BCUT2D eigenvalue weighted by Crippen LogP contribution is -2.60. The zero-order valence-electron chi connectivity index (χ0n) is 25.1. The van der Waals surface area contributed by atoms with E-state index in [0.29, 0.717) is 12.0 Å². The van der Waals surface area contributed by atoms with Gasteiger partial charge in [0, 0.05) is 24.3 Å². The van der Waals surface area contributed by atoms with Gasteiger partial charge in [-0.2, -0.15) is 0 Å². The third-order valence-electron chi connectivity index (χ3n) is 7.66. The molecule has 0 saturated carbocycles. The molecule has 0 radical (unpaired) electrons. The molecule has 15 heteroatoms. The molecule has 0 aromatic heterocycles. The molecule has 4 rings (SSSR count). The molecule has 256 valence electrons. The number of aliphatic hydroxyl groups is 5. The Bertz CT molecular complexity index is 1420. The van der Waals surface area contributed by atoms with Crippen LogP contribution in [0.1, 0.15) is 17.5 Å². The fraction of sp³-hybridized carbons (Fsp3) is 0.438. The fourth-order valence-corrected chi connectivity index (χ4v) is 5.05. The molecule has 7 atom stereocenters. The van der Waals surface area contributed by atoms with Crippen LogP contribution in [0.5, 0.6) is 17.2 Å². The summed E-state index contributed by atoms with van der Waals surface area (Å²) in [5.41, 5.74) is 1.29. The van der Waals surface area contributed by atoms with Gasteiger partial charge >= 0.3 is 11.9 Å². The Morgan fingerprint density at radius 2 is 1.51 bits per heavy atom. The molecule has 8 N–H and O–H groups in total. The molecule has 0 amide bonds. The molecule has 2 aromatic rings. The Hall–Kier alpha value is -4.22. The molecule has 47 heavy (non-hydrogen) atoms. The van der Waals surface area contributed by atoms with Crippen molar-refractivity contribution < 1.29 is 74.1 Å². The number of aromatic hydroxyl groups is 3. The molecule has 2 aromatic carbocycles. The summed E-state index contributed by atoms with van der Waals surface area (Å²) in [5.74, 6) is -3.30. The van der Waals surface area contributed by atoms with Crippen molar-refractivity contribution in [3.63, 3.8) is 0 Å². The molecular formula is C32H38O15. The van der Waals surface area contributed by atoms with Crippen LogP contribution in [0, 0.1) is 5.92 Å². The van der Waals surface area contributed by atoms with Crippen LogP contribution in [-0.2, 0) is 46.1 Å². The zero-order valence-corrected chi connectivity index (χ0v) is 25.1. The molecular weight excluding hydrogens is 624 g/mol. The van der Waals surface area contributed by atoms with Crippen LogP contribution >= 0.6 is 0 Å². The van der Waals surface area contributed by atoms with E-state index in [4.69, 9.17) is 23.7 Å². The number of carbonyl (C=O) groups is 2. The summed E-state index contributed by atoms with van der Waals surface area (Å²) in [7, 11) is 0. The molecule has 7 unspecified atom stereocenters. The van der Waals surface area contributed by atoms with E-state index >= 15 is 0 Å². The molecule has 0 aliphatic carbocycles. The number of aliphatic hydroxyl groups excluding tert-OH is 5. The average Bonchev–Trinajstić information content (AvgIpc) is 3.05. The highest BCUT2D eigenvalue weighted by molar-refractivity contribution is 5.91. The third-order valence-corrected chi connectivity index (χ3v) is 7.66. The average molecular weight is 663 g/mol. The summed E-state index contributed by atoms with van der Waals surface area (Å²) < 4.78 is 27.6. The van der Waals surface area contributed by atoms with E-state index in [-0.39, 0.29) is 48.0 Å². The summed E-state index contributed by atoms with van der Waals surface area (Å²) in [4.78, 5) is 26.3. The van der Waals surface area contributed by atoms with Crippen LogP contribution < -0.4 is 0 Å². The van der Waals surface area contributed by atoms with Gasteiger partial charge in [0.2, 0.25) is 6.29 Å². The number of rotatable bonds is 13. The van der Waals surface area contributed by atoms with Crippen molar-refractivity contribution in [1.82, 2.24) is 0 Å². The predicted molar refractivity (Wildman–Crippen MR) is 158 cm³/mol. The molecule has 1 fully saturated rings. The first-order chi connectivity index (χ1) is 22.5. The number of hydrogen-bond donors (Lipinski definition) is 8. The third kappa shape index (κ3) is 9.20. The summed E-state index contributed by atoms with van der Waals surface area (Å²) in [6.07, 6.45) is -7.32. The second-order valence-electron chi connectivity index (χ2n) is 10.9. The maximum Gasteiger partial charge on any atom is 0.337 e. The number of benzene rings is 2. The van der Waals surface area contributed by atoms with Gasteiger partial charge in [0.1, 0.15) is 30.2 Å². The Kier molecular flexibility index (Phi) is 12.6. The highest BCUT2D eigenvalue weighted by Gasteiger charge is 2.47. The van der Waals surface area contributed by atoms with Gasteiger partial charge in [0.05, 0.1) is 44.7 Å². The van der Waals surface area contributed by atoms with E-state index in [1.807, 2.05) is 0 Å². The Labute approximate surface area is 269 Å². The van der Waals surface area contributed by atoms with E-state index in [1.165, 1.54) is 30.3 Å².